The Morgan fingerprint density at radius 3 is 2.52 bits per heavy atom. The first-order chi connectivity index (χ1) is 10.0. The highest BCUT2D eigenvalue weighted by Gasteiger charge is 2.40. The van der Waals surface area contributed by atoms with Gasteiger partial charge in [0.1, 0.15) is 12.1 Å². The van der Waals surface area contributed by atoms with E-state index in [-0.39, 0.29) is 17.7 Å². The van der Waals surface area contributed by atoms with Crippen LogP contribution in [0.1, 0.15) is 33.6 Å². The lowest BCUT2D eigenvalue weighted by Crippen LogP contribution is -2.65. The molecule has 21 heavy (non-hydrogen) atoms. The Labute approximate surface area is 127 Å². The first kappa shape index (κ1) is 17.9. The number of hydrogen-bond acceptors (Lipinski definition) is 4. The predicted octanol–water partition coefficient (Wildman–Crippen LogP) is 0.801. The molecule has 122 valence electrons. The average molecular weight is 300 g/mol. The van der Waals surface area contributed by atoms with Crippen LogP contribution < -0.4 is 5.32 Å². The van der Waals surface area contributed by atoms with Gasteiger partial charge in [0.2, 0.25) is 11.8 Å². The first-order valence-corrected chi connectivity index (χ1v) is 7.70. The second kappa shape index (κ2) is 9.00. The molecule has 2 atom stereocenters. The van der Waals surface area contributed by atoms with Crippen molar-refractivity contribution in [3.8, 4) is 0 Å². The van der Waals surface area contributed by atoms with E-state index in [1.807, 2.05) is 20.8 Å². The molecule has 0 spiro atoms. The zero-order valence-corrected chi connectivity index (χ0v) is 13.6. The number of piperazine rings is 1. The van der Waals surface area contributed by atoms with Gasteiger partial charge in [-0.05, 0) is 18.8 Å². The number of carbonyl (C=O) groups is 2. The molecule has 0 saturated carbocycles. The van der Waals surface area contributed by atoms with E-state index in [0.29, 0.717) is 32.8 Å². The molecule has 1 rings (SSSR count). The van der Waals surface area contributed by atoms with Crippen LogP contribution in [0.2, 0.25) is 0 Å². The maximum atomic E-state index is 12.4. The van der Waals surface area contributed by atoms with E-state index in [2.05, 4.69) is 5.32 Å². The van der Waals surface area contributed by atoms with Crippen LogP contribution in [0.4, 0.5) is 0 Å². The maximum absolute atomic E-state index is 12.4. The second-order valence-electron chi connectivity index (χ2n) is 5.65. The smallest absolute Gasteiger partial charge is 0.245 e. The van der Waals surface area contributed by atoms with Crippen molar-refractivity contribution in [2.75, 3.05) is 33.5 Å². The number of carbonyl (C=O) groups excluding carboxylic acids is 2. The van der Waals surface area contributed by atoms with Crippen LogP contribution >= 0.6 is 0 Å². The van der Waals surface area contributed by atoms with Crippen LogP contribution in [0.15, 0.2) is 0 Å². The number of rotatable bonds is 9. The van der Waals surface area contributed by atoms with Crippen molar-refractivity contribution in [3.63, 3.8) is 0 Å². The third kappa shape index (κ3) is 4.97. The molecule has 6 heteroatoms. The molecule has 1 aliphatic heterocycles. The van der Waals surface area contributed by atoms with Gasteiger partial charge < -0.3 is 19.7 Å². The van der Waals surface area contributed by atoms with Crippen molar-refractivity contribution in [1.82, 2.24) is 10.2 Å². The van der Waals surface area contributed by atoms with Crippen LogP contribution in [-0.4, -0.2) is 62.3 Å². The molecule has 0 aromatic rings. The molecule has 1 heterocycles. The summed E-state index contributed by atoms with van der Waals surface area (Å²) in [5, 5.41) is 2.81. The van der Waals surface area contributed by atoms with Crippen molar-refractivity contribution in [2.45, 2.75) is 45.7 Å². The first-order valence-electron chi connectivity index (χ1n) is 7.70. The molecule has 0 radical (unpaired) electrons. The summed E-state index contributed by atoms with van der Waals surface area (Å²) in [6.07, 6.45) is 1.44. The Morgan fingerprint density at radius 2 is 1.95 bits per heavy atom. The van der Waals surface area contributed by atoms with E-state index in [1.165, 1.54) is 0 Å². The molecule has 2 amide bonds. The minimum absolute atomic E-state index is 0.00343. The van der Waals surface area contributed by atoms with Gasteiger partial charge in [-0.3, -0.25) is 9.59 Å². The van der Waals surface area contributed by atoms with Crippen LogP contribution in [0.5, 0.6) is 0 Å². The molecule has 1 aliphatic rings. The molecule has 6 nitrogen and oxygen atoms in total. The number of nitrogens with one attached hydrogen (secondary N) is 1. The molecule has 0 aromatic carbocycles. The summed E-state index contributed by atoms with van der Waals surface area (Å²) >= 11 is 0. The van der Waals surface area contributed by atoms with Crippen molar-refractivity contribution in [2.24, 2.45) is 5.92 Å². The molecule has 1 saturated heterocycles. The maximum Gasteiger partial charge on any atom is 0.245 e. The summed E-state index contributed by atoms with van der Waals surface area (Å²) in [5.41, 5.74) is 0. The Morgan fingerprint density at radius 1 is 1.24 bits per heavy atom. The van der Waals surface area contributed by atoms with Gasteiger partial charge in [0.05, 0.1) is 6.61 Å². The number of ether oxygens (including phenoxy) is 2. The topological polar surface area (TPSA) is 67.9 Å². The Kier molecular flexibility index (Phi) is 7.67. The van der Waals surface area contributed by atoms with Crippen LogP contribution in [0, 0.1) is 5.92 Å². The molecule has 1 N–H and O–H groups in total. The lowest BCUT2D eigenvalue weighted by molar-refractivity contribution is -0.152. The fraction of sp³-hybridized carbons (Fsp3) is 0.867. The van der Waals surface area contributed by atoms with Gasteiger partial charge in [0, 0.05) is 26.9 Å². The van der Waals surface area contributed by atoms with E-state index in [9.17, 15) is 9.59 Å². The van der Waals surface area contributed by atoms with Gasteiger partial charge in [-0.25, -0.2) is 0 Å². The largest absolute Gasteiger partial charge is 0.385 e. The normalized spacial score (nSPS) is 22.8. The van der Waals surface area contributed by atoms with Crippen molar-refractivity contribution in [1.29, 1.82) is 0 Å². The fourth-order valence-electron chi connectivity index (χ4n) is 2.56. The molecule has 0 aromatic heterocycles. The molecule has 0 bridgehead atoms. The number of hydrogen-bond donors (Lipinski definition) is 1. The van der Waals surface area contributed by atoms with Crippen LogP contribution in [0.25, 0.3) is 0 Å². The summed E-state index contributed by atoms with van der Waals surface area (Å²) in [6, 6.07) is -0.802. The zero-order valence-electron chi connectivity index (χ0n) is 13.6. The highest BCUT2D eigenvalue weighted by Crippen LogP contribution is 2.18. The standard InChI is InChI=1S/C15H28N2O4/c1-5-12-15(19)17(7-10-21-9-6-8-20-4)13(11(2)3)14(18)16-12/h11-13H,5-10H2,1-4H3,(H,16,18). The molecular formula is C15H28N2O4. The molecular weight excluding hydrogens is 272 g/mol. The summed E-state index contributed by atoms with van der Waals surface area (Å²) < 4.78 is 10.5. The van der Waals surface area contributed by atoms with Gasteiger partial charge in [0.25, 0.3) is 0 Å². The van der Waals surface area contributed by atoms with E-state index < -0.39 is 12.1 Å². The Balaban J connectivity index is 2.55. The minimum atomic E-state index is -0.402. The van der Waals surface area contributed by atoms with Crippen molar-refractivity contribution >= 4 is 11.8 Å². The van der Waals surface area contributed by atoms with E-state index in [4.69, 9.17) is 9.47 Å². The Bertz CT molecular complexity index is 347. The van der Waals surface area contributed by atoms with Gasteiger partial charge in [-0.15, -0.1) is 0 Å². The second-order valence-corrected chi connectivity index (χ2v) is 5.65. The SMILES string of the molecule is CCC1NC(=O)C(C(C)C)N(CCOCCCOC)C1=O. The lowest BCUT2D eigenvalue weighted by atomic mass is 9.96. The highest BCUT2D eigenvalue weighted by atomic mass is 16.5. The summed E-state index contributed by atoms with van der Waals surface area (Å²) in [4.78, 5) is 26.3. The zero-order chi connectivity index (χ0) is 15.8. The van der Waals surface area contributed by atoms with E-state index >= 15 is 0 Å². The average Bonchev–Trinajstić information content (AvgIpc) is 2.45. The van der Waals surface area contributed by atoms with Gasteiger partial charge in [-0.1, -0.05) is 20.8 Å². The van der Waals surface area contributed by atoms with Gasteiger partial charge >= 0.3 is 0 Å². The van der Waals surface area contributed by atoms with Crippen molar-refractivity contribution < 1.29 is 19.1 Å². The third-order valence-electron chi connectivity index (χ3n) is 3.66. The highest BCUT2D eigenvalue weighted by molar-refractivity contribution is 5.97. The fourth-order valence-corrected chi connectivity index (χ4v) is 2.56. The van der Waals surface area contributed by atoms with E-state index in [0.717, 1.165) is 6.42 Å². The number of amides is 2. The summed E-state index contributed by atoms with van der Waals surface area (Å²) in [5.74, 6) is 0.0207. The summed E-state index contributed by atoms with van der Waals surface area (Å²) in [7, 11) is 1.66. The quantitative estimate of drug-likeness (QED) is 0.640. The predicted molar refractivity (Wildman–Crippen MR) is 79.9 cm³/mol. The van der Waals surface area contributed by atoms with Crippen LogP contribution in [-0.2, 0) is 19.1 Å². The summed E-state index contributed by atoms with van der Waals surface area (Å²) in [6.45, 7) is 7.98. The molecule has 1 fully saturated rings. The molecule has 0 aliphatic carbocycles. The monoisotopic (exact) mass is 300 g/mol. The van der Waals surface area contributed by atoms with Gasteiger partial charge in [-0.2, -0.15) is 0 Å². The minimum Gasteiger partial charge on any atom is -0.385 e. The molecule has 2 unspecified atom stereocenters. The van der Waals surface area contributed by atoms with E-state index in [1.54, 1.807) is 12.0 Å². The number of nitrogens with zero attached hydrogens (tertiary/aromatic N) is 1. The number of methoxy groups -OCH3 is 1. The lowest BCUT2D eigenvalue weighted by Gasteiger charge is -2.40. The Hall–Kier alpha value is -1.14. The van der Waals surface area contributed by atoms with Crippen molar-refractivity contribution in [3.05, 3.63) is 0 Å². The third-order valence-corrected chi connectivity index (χ3v) is 3.66. The van der Waals surface area contributed by atoms with Crippen LogP contribution in [0.3, 0.4) is 0 Å². The van der Waals surface area contributed by atoms with Gasteiger partial charge in [0.15, 0.2) is 0 Å².